The van der Waals surface area contributed by atoms with E-state index < -0.39 is 5.60 Å². The molecule has 35 heavy (non-hydrogen) atoms. The van der Waals surface area contributed by atoms with Crippen LogP contribution >= 0.6 is 0 Å². The summed E-state index contributed by atoms with van der Waals surface area (Å²) in [6, 6.07) is 28.5. The Bertz CT molecular complexity index is 1230. The van der Waals surface area contributed by atoms with Gasteiger partial charge >= 0.3 is 0 Å². The zero-order valence-corrected chi connectivity index (χ0v) is 19.8. The van der Waals surface area contributed by atoms with Gasteiger partial charge in [0, 0.05) is 18.9 Å². The highest BCUT2D eigenvalue weighted by molar-refractivity contribution is 5.43. The Hall–Kier alpha value is -3.72. The third-order valence-corrected chi connectivity index (χ3v) is 7.29. The Morgan fingerprint density at radius 3 is 2.11 bits per heavy atom. The molecule has 0 bridgehead atoms. The summed E-state index contributed by atoms with van der Waals surface area (Å²) in [5.41, 5.74) is 3.84. The Morgan fingerprint density at radius 2 is 1.54 bits per heavy atom. The number of piperidine rings is 1. The summed E-state index contributed by atoms with van der Waals surface area (Å²) in [6.07, 6.45) is 7.28. The first-order valence-electron chi connectivity index (χ1n) is 12.2. The second kappa shape index (κ2) is 10.3. The zero-order valence-electron chi connectivity index (χ0n) is 19.8. The van der Waals surface area contributed by atoms with Crippen LogP contribution in [0.15, 0.2) is 97.6 Å². The maximum Gasteiger partial charge on any atom is 0.117 e. The highest BCUT2D eigenvalue weighted by Gasteiger charge is 2.41. The number of nitrogens with zero attached hydrogens (tertiary/aromatic N) is 4. The molecular weight excluding hydrogens is 432 g/mol. The molecule has 0 amide bonds. The van der Waals surface area contributed by atoms with Crippen LogP contribution < -0.4 is 0 Å². The van der Waals surface area contributed by atoms with Crippen molar-refractivity contribution >= 4 is 0 Å². The molecule has 5 heteroatoms. The number of aliphatic hydroxyl groups is 1. The molecule has 2 heterocycles. The smallest absolute Gasteiger partial charge is 0.117 e. The van der Waals surface area contributed by atoms with Gasteiger partial charge in [-0.25, -0.2) is 4.98 Å². The average molecular weight is 463 g/mol. The van der Waals surface area contributed by atoms with Crippen LogP contribution in [0.3, 0.4) is 0 Å². The van der Waals surface area contributed by atoms with Crippen LogP contribution in [-0.2, 0) is 18.7 Å². The summed E-state index contributed by atoms with van der Waals surface area (Å²) in [5.74, 6) is 0.124. The molecule has 1 fully saturated rings. The van der Waals surface area contributed by atoms with Gasteiger partial charge in [0.1, 0.15) is 5.60 Å². The van der Waals surface area contributed by atoms with Gasteiger partial charge in [0.05, 0.1) is 24.5 Å². The number of hydrogen-bond acceptors (Lipinski definition) is 4. The Balaban J connectivity index is 1.35. The van der Waals surface area contributed by atoms with Crippen molar-refractivity contribution in [2.24, 2.45) is 5.92 Å². The Morgan fingerprint density at radius 1 is 0.886 bits per heavy atom. The SMILES string of the molecule is N#Cc1cccc(CN2CCC(C(O)(c3ccccc3)c3ccccc3)CC2)c1Cn1ccnc1. The van der Waals surface area contributed by atoms with Crippen molar-refractivity contribution in [3.63, 3.8) is 0 Å². The first-order chi connectivity index (χ1) is 17.2. The van der Waals surface area contributed by atoms with E-state index >= 15 is 0 Å². The summed E-state index contributed by atoms with van der Waals surface area (Å²) >= 11 is 0. The van der Waals surface area contributed by atoms with Gasteiger partial charge in [0.25, 0.3) is 0 Å². The number of imidazole rings is 1. The highest BCUT2D eigenvalue weighted by atomic mass is 16.3. The Labute approximate surface area is 206 Å². The molecule has 0 atom stereocenters. The second-order valence-electron chi connectivity index (χ2n) is 9.34. The lowest BCUT2D eigenvalue weighted by molar-refractivity contribution is -0.0153. The third kappa shape index (κ3) is 4.77. The minimum atomic E-state index is -1.01. The van der Waals surface area contributed by atoms with Crippen molar-refractivity contribution in [2.45, 2.75) is 31.5 Å². The lowest BCUT2D eigenvalue weighted by atomic mass is 9.72. The van der Waals surface area contributed by atoms with Crippen LogP contribution in [0.25, 0.3) is 0 Å². The monoisotopic (exact) mass is 462 g/mol. The van der Waals surface area contributed by atoms with Crippen molar-refractivity contribution in [3.8, 4) is 6.07 Å². The molecule has 1 N–H and O–H groups in total. The number of nitriles is 1. The van der Waals surface area contributed by atoms with Gasteiger partial charge in [-0.15, -0.1) is 0 Å². The molecule has 3 aromatic carbocycles. The van der Waals surface area contributed by atoms with Crippen LogP contribution in [0.5, 0.6) is 0 Å². The topological polar surface area (TPSA) is 65.1 Å². The Kier molecular flexibility index (Phi) is 6.76. The van der Waals surface area contributed by atoms with E-state index in [1.807, 2.05) is 83.6 Å². The predicted octanol–water partition coefficient (Wildman–Crippen LogP) is 4.95. The zero-order chi connectivity index (χ0) is 24.1. The minimum Gasteiger partial charge on any atom is -0.380 e. The van der Waals surface area contributed by atoms with E-state index in [0.717, 1.165) is 49.2 Å². The van der Waals surface area contributed by atoms with Gasteiger partial charge in [-0.3, -0.25) is 4.90 Å². The molecule has 1 saturated heterocycles. The summed E-state index contributed by atoms with van der Waals surface area (Å²) in [6.45, 7) is 3.22. The van der Waals surface area contributed by atoms with Crippen LogP contribution in [0, 0.1) is 17.2 Å². The fourth-order valence-corrected chi connectivity index (χ4v) is 5.41. The largest absolute Gasteiger partial charge is 0.380 e. The quantitative estimate of drug-likeness (QED) is 0.422. The molecule has 4 aromatic rings. The molecule has 0 unspecified atom stereocenters. The molecule has 0 spiro atoms. The van der Waals surface area contributed by atoms with E-state index in [1.54, 1.807) is 12.5 Å². The highest BCUT2D eigenvalue weighted by Crippen LogP contribution is 2.42. The standard InChI is InChI=1S/C30H30N4O/c31-20-24-8-7-9-25(29(24)22-34-19-16-32-23-34)21-33-17-14-28(15-18-33)30(35,26-10-3-1-4-11-26)27-12-5-2-6-13-27/h1-13,16,19,23,28,35H,14-15,17-18,21-22H2. The molecule has 1 aromatic heterocycles. The van der Waals surface area contributed by atoms with E-state index in [-0.39, 0.29) is 5.92 Å². The molecule has 1 aliphatic rings. The molecule has 0 radical (unpaired) electrons. The maximum absolute atomic E-state index is 12.1. The van der Waals surface area contributed by atoms with Crippen molar-refractivity contribution in [2.75, 3.05) is 13.1 Å². The maximum atomic E-state index is 12.1. The van der Waals surface area contributed by atoms with Gasteiger partial charge in [-0.1, -0.05) is 72.8 Å². The van der Waals surface area contributed by atoms with Gasteiger partial charge < -0.3 is 9.67 Å². The van der Waals surface area contributed by atoms with Crippen LogP contribution in [0.2, 0.25) is 0 Å². The predicted molar refractivity (Wildman–Crippen MR) is 136 cm³/mol. The number of rotatable bonds is 7. The lowest BCUT2D eigenvalue weighted by Gasteiger charge is -2.42. The molecule has 1 aliphatic heterocycles. The van der Waals surface area contributed by atoms with Crippen LogP contribution in [0.1, 0.15) is 40.7 Å². The number of benzene rings is 3. The van der Waals surface area contributed by atoms with Crippen LogP contribution in [0.4, 0.5) is 0 Å². The fourth-order valence-electron chi connectivity index (χ4n) is 5.41. The molecular formula is C30H30N4O. The number of hydrogen-bond donors (Lipinski definition) is 1. The van der Waals surface area contributed by atoms with Gasteiger partial charge in [0.2, 0.25) is 0 Å². The fraction of sp³-hybridized carbons (Fsp3) is 0.267. The molecule has 176 valence electrons. The summed E-state index contributed by atoms with van der Waals surface area (Å²) in [5, 5.41) is 21.8. The third-order valence-electron chi connectivity index (χ3n) is 7.29. The van der Waals surface area contributed by atoms with Gasteiger partial charge in [0.15, 0.2) is 0 Å². The molecule has 0 aliphatic carbocycles. The van der Waals surface area contributed by atoms with E-state index in [4.69, 9.17) is 0 Å². The number of aromatic nitrogens is 2. The van der Waals surface area contributed by atoms with Crippen LogP contribution in [-0.4, -0.2) is 32.6 Å². The van der Waals surface area contributed by atoms with E-state index in [9.17, 15) is 10.4 Å². The summed E-state index contributed by atoms with van der Waals surface area (Å²) in [7, 11) is 0. The minimum absolute atomic E-state index is 0.124. The first-order valence-corrected chi connectivity index (χ1v) is 12.2. The van der Waals surface area contributed by atoms with Crippen molar-refractivity contribution in [1.82, 2.24) is 14.5 Å². The molecule has 5 nitrogen and oxygen atoms in total. The molecule has 5 rings (SSSR count). The lowest BCUT2D eigenvalue weighted by Crippen LogP contribution is -2.44. The first kappa shape index (κ1) is 23.0. The summed E-state index contributed by atoms with van der Waals surface area (Å²) in [4.78, 5) is 6.59. The van der Waals surface area contributed by atoms with E-state index in [2.05, 4.69) is 22.0 Å². The number of likely N-dealkylation sites (tertiary alicyclic amines) is 1. The van der Waals surface area contributed by atoms with Crippen molar-refractivity contribution < 1.29 is 5.11 Å². The molecule has 0 saturated carbocycles. The van der Waals surface area contributed by atoms with Gasteiger partial charge in [-0.2, -0.15) is 5.26 Å². The van der Waals surface area contributed by atoms with Gasteiger partial charge in [-0.05, 0) is 60.2 Å². The normalized spacial score (nSPS) is 15.1. The second-order valence-corrected chi connectivity index (χ2v) is 9.34. The van der Waals surface area contributed by atoms with Crippen molar-refractivity contribution in [1.29, 1.82) is 5.26 Å². The van der Waals surface area contributed by atoms with Crippen molar-refractivity contribution in [3.05, 3.63) is 125 Å². The van der Waals surface area contributed by atoms with E-state index in [1.165, 1.54) is 5.56 Å². The average Bonchev–Trinajstić information content (AvgIpc) is 3.44. The summed E-state index contributed by atoms with van der Waals surface area (Å²) < 4.78 is 2.01. The van der Waals surface area contributed by atoms with E-state index in [0.29, 0.717) is 12.1 Å².